The van der Waals surface area contributed by atoms with Gasteiger partial charge in [0.25, 0.3) is 0 Å². The molecule has 0 N–H and O–H groups in total. The second-order valence-corrected chi connectivity index (χ2v) is 3.41. The van der Waals surface area contributed by atoms with Gasteiger partial charge >= 0.3 is 0 Å². The maximum atomic E-state index is 4.35. The minimum absolute atomic E-state index is 1.15. The molecule has 0 radical (unpaired) electrons. The van der Waals surface area contributed by atoms with Gasteiger partial charge in [0, 0.05) is 11.4 Å². The molecule has 0 fully saturated rings. The zero-order valence-corrected chi connectivity index (χ0v) is 7.59. The number of aromatic nitrogens is 1. The number of rotatable bonds is 0. The summed E-state index contributed by atoms with van der Waals surface area (Å²) in [4.78, 5) is 4.35. The Labute approximate surface area is 72.5 Å². The van der Waals surface area contributed by atoms with Crippen LogP contribution in [0.3, 0.4) is 0 Å². The van der Waals surface area contributed by atoms with Crippen molar-refractivity contribution in [2.75, 3.05) is 0 Å². The molecular formula is C11H13N. The molecule has 0 atom stereocenters. The Bertz CT molecular complexity index is 415. The van der Waals surface area contributed by atoms with E-state index in [0.717, 1.165) is 6.42 Å². The van der Waals surface area contributed by atoms with Gasteiger partial charge in [-0.05, 0) is 38.3 Å². The second-order valence-electron chi connectivity index (χ2n) is 3.41. The lowest BCUT2D eigenvalue weighted by Gasteiger charge is -2.06. The lowest BCUT2D eigenvalue weighted by atomic mass is 10.0. The van der Waals surface area contributed by atoms with Gasteiger partial charge < -0.3 is 0 Å². The number of pyridine rings is 1. The van der Waals surface area contributed by atoms with Crippen molar-refractivity contribution in [2.24, 2.45) is 0 Å². The van der Waals surface area contributed by atoms with Crippen LogP contribution in [0.25, 0.3) is 11.6 Å². The van der Waals surface area contributed by atoms with Gasteiger partial charge in [-0.25, -0.2) is 0 Å². The largest absolute Gasteiger partial charge is 0.257 e. The van der Waals surface area contributed by atoms with Crippen LogP contribution in [0.2, 0.25) is 0 Å². The van der Waals surface area contributed by atoms with Crippen molar-refractivity contribution in [1.29, 1.82) is 0 Å². The van der Waals surface area contributed by atoms with Crippen LogP contribution in [-0.4, -0.2) is 4.98 Å². The Morgan fingerprint density at radius 2 is 2.17 bits per heavy atom. The topological polar surface area (TPSA) is 12.9 Å². The summed E-state index contributed by atoms with van der Waals surface area (Å²) in [5.74, 6) is 0. The molecule has 2 rings (SSSR count). The molecule has 0 bridgehead atoms. The Hall–Kier alpha value is -1.11. The lowest BCUT2D eigenvalue weighted by molar-refractivity contribution is 1.02. The number of nitrogens with zero attached hydrogens (tertiary/aromatic N) is 1. The molecule has 1 aliphatic rings. The third-order valence-corrected chi connectivity index (χ3v) is 2.47. The standard InChI is InChI=1S/C11H13N/c1-8-4-3-5-10-11(8)9(2)6-7-12-10/h5-7H,3-4H2,1-2H3. The molecule has 12 heavy (non-hydrogen) atoms. The molecule has 1 heterocycles. The van der Waals surface area contributed by atoms with Gasteiger partial charge in [0.05, 0.1) is 5.35 Å². The van der Waals surface area contributed by atoms with Crippen molar-refractivity contribution in [2.45, 2.75) is 26.7 Å². The van der Waals surface area contributed by atoms with E-state index in [0.29, 0.717) is 0 Å². The number of hydrogen-bond acceptors (Lipinski definition) is 1. The molecule has 62 valence electrons. The van der Waals surface area contributed by atoms with E-state index in [2.05, 4.69) is 31.0 Å². The predicted octanol–water partition coefficient (Wildman–Crippen LogP) is 1.13. The van der Waals surface area contributed by atoms with Gasteiger partial charge in [-0.2, -0.15) is 0 Å². The maximum absolute atomic E-state index is 4.35. The van der Waals surface area contributed by atoms with E-state index in [-0.39, 0.29) is 0 Å². The number of hydrogen-bond donors (Lipinski definition) is 0. The van der Waals surface area contributed by atoms with Crippen molar-refractivity contribution in [1.82, 2.24) is 4.98 Å². The van der Waals surface area contributed by atoms with Crippen LogP contribution in [0.4, 0.5) is 0 Å². The van der Waals surface area contributed by atoms with E-state index < -0.39 is 0 Å². The first kappa shape index (κ1) is 7.53. The predicted molar refractivity (Wildman–Crippen MR) is 51.0 cm³/mol. The highest BCUT2D eigenvalue weighted by Gasteiger charge is 2.01. The van der Waals surface area contributed by atoms with Gasteiger partial charge in [0.15, 0.2) is 0 Å². The first-order chi connectivity index (χ1) is 5.79. The molecule has 0 spiro atoms. The SMILES string of the molecule is CC1=c2c(C)ccnc2=CCC1. The Balaban J connectivity index is 2.95. The minimum atomic E-state index is 1.15. The molecule has 1 nitrogen and oxygen atoms in total. The normalized spacial score (nSPS) is 15.3. The molecule has 1 aliphatic carbocycles. The summed E-state index contributed by atoms with van der Waals surface area (Å²) in [5, 5.41) is 2.56. The molecule has 1 aromatic heterocycles. The maximum Gasteiger partial charge on any atom is 0.0664 e. The Morgan fingerprint density at radius 3 is 2.92 bits per heavy atom. The highest BCUT2D eigenvalue weighted by molar-refractivity contribution is 5.49. The summed E-state index contributed by atoms with van der Waals surface area (Å²) in [6.07, 6.45) is 6.47. The van der Waals surface area contributed by atoms with Gasteiger partial charge in [-0.1, -0.05) is 11.6 Å². The summed E-state index contributed by atoms with van der Waals surface area (Å²) in [6, 6.07) is 2.08. The van der Waals surface area contributed by atoms with Crippen LogP contribution in [-0.2, 0) is 0 Å². The van der Waals surface area contributed by atoms with E-state index in [4.69, 9.17) is 0 Å². The highest BCUT2D eigenvalue weighted by atomic mass is 14.6. The van der Waals surface area contributed by atoms with Crippen molar-refractivity contribution >= 4 is 11.6 Å². The fourth-order valence-electron chi connectivity index (χ4n) is 1.84. The fraction of sp³-hybridized carbons (Fsp3) is 0.364. The molecule has 0 saturated carbocycles. The van der Waals surface area contributed by atoms with Crippen LogP contribution in [0.1, 0.15) is 25.3 Å². The van der Waals surface area contributed by atoms with Gasteiger partial charge in [0.2, 0.25) is 0 Å². The van der Waals surface area contributed by atoms with Crippen molar-refractivity contribution in [3.05, 3.63) is 28.4 Å². The fourth-order valence-corrected chi connectivity index (χ4v) is 1.84. The highest BCUT2D eigenvalue weighted by Crippen LogP contribution is 2.06. The summed E-state index contributed by atoms with van der Waals surface area (Å²) in [7, 11) is 0. The van der Waals surface area contributed by atoms with Crippen molar-refractivity contribution in [3.63, 3.8) is 0 Å². The van der Waals surface area contributed by atoms with Gasteiger partial charge in [-0.15, -0.1) is 0 Å². The number of aryl methyl sites for hydroxylation is 1. The quantitative estimate of drug-likeness (QED) is 0.553. The Kier molecular flexibility index (Phi) is 1.72. The first-order valence-electron chi connectivity index (χ1n) is 4.40. The molecule has 1 aromatic rings. The second kappa shape index (κ2) is 2.74. The van der Waals surface area contributed by atoms with Gasteiger partial charge in [0.1, 0.15) is 0 Å². The average Bonchev–Trinajstić information content (AvgIpc) is 2.04. The Morgan fingerprint density at radius 1 is 1.33 bits per heavy atom. The summed E-state index contributed by atoms with van der Waals surface area (Å²) in [5.41, 5.74) is 2.84. The van der Waals surface area contributed by atoms with Crippen molar-refractivity contribution < 1.29 is 0 Å². The molecule has 0 saturated heterocycles. The van der Waals surface area contributed by atoms with Gasteiger partial charge in [-0.3, -0.25) is 4.98 Å². The van der Waals surface area contributed by atoms with E-state index in [1.807, 2.05) is 6.20 Å². The monoisotopic (exact) mass is 159 g/mol. The third-order valence-electron chi connectivity index (χ3n) is 2.47. The molecule has 0 unspecified atom stereocenters. The lowest BCUT2D eigenvalue weighted by Crippen LogP contribution is -2.33. The number of fused-ring (bicyclic) bond motifs is 1. The van der Waals surface area contributed by atoms with Crippen LogP contribution in [0.5, 0.6) is 0 Å². The van der Waals surface area contributed by atoms with Crippen molar-refractivity contribution in [3.8, 4) is 0 Å². The summed E-state index contributed by atoms with van der Waals surface area (Å²) in [6.45, 7) is 4.36. The summed E-state index contributed by atoms with van der Waals surface area (Å²) >= 11 is 0. The van der Waals surface area contributed by atoms with E-state index in [1.165, 1.54) is 28.1 Å². The summed E-state index contributed by atoms with van der Waals surface area (Å²) < 4.78 is 0. The first-order valence-corrected chi connectivity index (χ1v) is 4.40. The average molecular weight is 159 g/mol. The molecule has 0 amide bonds. The minimum Gasteiger partial charge on any atom is -0.257 e. The smallest absolute Gasteiger partial charge is 0.0664 e. The van der Waals surface area contributed by atoms with Crippen LogP contribution in [0, 0.1) is 6.92 Å². The van der Waals surface area contributed by atoms with E-state index in [9.17, 15) is 0 Å². The van der Waals surface area contributed by atoms with E-state index >= 15 is 0 Å². The zero-order valence-electron chi connectivity index (χ0n) is 7.59. The molecular weight excluding hydrogens is 146 g/mol. The molecule has 1 heteroatoms. The van der Waals surface area contributed by atoms with Crippen LogP contribution < -0.4 is 10.6 Å². The van der Waals surface area contributed by atoms with Crippen LogP contribution >= 0.6 is 0 Å². The molecule has 0 aromatic carbocycles. The van der Waals surface area contributed by atoms with Crippen LogP contribution in [0.15, 0.2) is 12.3 Å². The van der Waals surface area contributed by atoms with E-state index in [1.54, 1.807) is 0 Å². The molecule has 0 aliphatic heterocycles. The zero-order chi connectivity index (χ0) is 8.55. The third kappa shape index (κ3) is 1.06.